The lowest BCUT2D eigenvalue weighted by molar-refractivity contribution is 0.827. The highest BCUT2D eigenvalue weighted by Crippen LogP contribution is 2.29. The lowest BCUT2D eigenvalue weighted by Gasteiger charge is -2.07. The average Bonchev–Trinajstić information content (AvgIpc) is 2.94. The molecule has 0 saturated carbocycles. The highest BCUT2D eigenvalue weighted by Gasteiger charge is 2.09. The molecule has 2 nitrogen and oxygen atoms in total. The van der Waals surface area contributed by atoms with Crippen LogP contribution in [0.25, 0.3) is 21.8 Å². The zero-order valence-electron chi connectivity index (χ0n) is 13.7. The number of aromatic nitrogens is 1. The number of hydrogen-bond donors (Lipinski definition) is 1. The normalized spacial score (nSPS) is 10.7. The topological polar surface area (TPSA) is 17.0 Å². The third kappa shape index (κ3) is 2.85. The second-order valence-corrected chi connectivity index (χ2v) is 5.83. The molecule has 1 aromatic heterocycles. The van der Waals surface area contributed by atoms with Crippen LogP contribution in [0.5, 0.6) is 0 Å². The van der Waals surface area contributed by atoms with Gasteiger partial charge in [-0.1, -0.05) is 42.5 Å². The van der Waals surface area contributed by atoms with Crippen LogP contribution in [0, 0.1) is 0 Å². The van der Waals surface area contributed by atoms with Crippen LogP contribution in [-0.2, 0) is 13.1 Å². The summed E-state index contributed by atoms with van der Waals surface area (Å²) in [6.07, 6.45) is 0. The van der Waals surface area contributed by atoms with Gasteiger partial charge in [-0.15, -0.1) is 12.4 Å². The molecular formula is C21H21ClN2. The highest BCUT2D eigenvalue weighted by molar-refractivity contribution is 6.08. The summed E-state index contributed by atoms with van der Waals surface area (Å²) in [4.78, 5) is 0. The van der Waals surface area contributed by atoms with Crippen molar-refractivity contribution >= 4 is 39.9 Å². The molecule has 0 saturated heterocycles. The first-order chi connectivity index (χ1) is 11.4. The number of rotatable bonds is 4. The summed E-state index contributed by atoms with van der Waals surface area (Å²) < 4.78 is 2.39. The molecule has 0 aliphatic rings. The molecule has 0 spiro atoms. The first kappa shape index (κ1) is 16.4. The van der Waals surface area contributed by atoms with Crippen LogP contribution in [0.2, 0.25) is 0 Å². The summed E-state index contributed by atoms with van der Waals surface area (Å²) in [7, 11) is 0. The van der Waals surface area contributed by atoms with Crippen molar-refractivity contribution in [3.63, 3.8) is 0 Å². The number of halogens is 1. The third-order valence-electron chi connectivity index (χ3n) is 4.42. The van der Waals surface area contributed by atoms with Gasteiger partial charge in [0.05, 0.1) is 0 Å². The van der Waals surface area contributed by atoms with E-state index in [-0.39, 0.29) is 12.4 Å². The molecule has 0 unspecified atom stereocenters. The SMILES string of the molecule is CCn1c2ccccc2c2cc(CNc3ccccc3)ccc21.Cl. The van der Waals surface area contributed by atoms with E-state index in [9.17, 15) is 0 Å². The monoisotopic (exact) mass is 336 g/mol. The van der Waals surface area contributed by atoms with Gasteiger partial charge < -0.3 is 9.88 Å². The van der Waals surface area contributed by atoms with E-state index in [4.69, 9.17) is 0 Å². The summed E-state index contributed by atoms with van der Waals surface area (Å²) in [6.45, 7) is 4.04. The molecule has 3 aromatic carbocycles. The maximum atomic E-state index is 3.49. The van der Waals surface area contributed by atoms with E-state index in [1.54, 1.807) is 0 Å². The van der Waals surface area contributed by atoms with Crippen LogP contribution in [0.15, 0.2) is 72.8 Å². The minimum Gasteiger partial charge on any atom is -0.381 e. The van der Waals surface area contributed by atoms with Crippen LogP contribution in [0.4, 0.5) is 5.69 Å². The van der Waals surface area contributed by atoms with Crippen molar-refractivity contribution in [3.05, 3.63) is 78.4 Å². The van der Waals surface area contributed by atoms with Crippen LogP contribution < -0.4 is 5.32 Å². The fourth-order valence-electron chi connectivity index (χ4n) is 3.31. The molecule has 0 atom stereocenters. The van der Waals surface area contributed by atoms with Crippen LogP contribution in [0.3, 0.4) is 0 Å². The molecule has 0 fully saturated rings. The molecule has 24 heavy (non-hydrogen) atoms. The quantitative estimate of drug-likeness (QED) is 0.494. The predicted octanol–water partition coefficient (Wildman–Crippen LogP) is 5.85. The maximum absolute atomic E-state index is 3.49. The summed E-state index contributed by atoms with van der Waals surface area (Å²) in [5, 5.41) is 6.17. The summed E-state index contributed by atoms with van der Waals surface area (Å²) in [6, 6.07) is 25.8. The number of nitrogens with zero attached hydrogens (tertiary/aromatic N) is 1. The number of hydrogen-bond acceptors (Lipinski definition) is 1. The van der Waals surface area contributed by atoms with Gasteiger partial charge in [0.2, 0.25) is 0 Å². The van der Waals surface area contributed by atoms with Gasteiger partial charge in [-0.2, -0.15) is 0 Å². The molecule has 4 aromatic rings. The Morgan fingerprint density at radius 3 is 2.29 bits per heavy atom. The zero-order valence-corrected chi connectivity index (χ0v) is 14.5. The predicted molar refractivity (Wildman–Crippen MR) is 106 cm³/mol. The lowest BCUT2D eigenvalue weighted by Crippen LogP contribution is -1.99. The molecule has 3 heteroatoms. The Morgan fingerprint density at radius 2 is 1.50 bits per heavy atom. The Hall–Kier alpha value is -2.45. The van der Waals surface area contributed by atoms with Crippen LogP contribution in [-0.4, -0.2) is 4.57 Å². The van der Waals surface area contributed by atoms with Crippen LogP contribution >= 0.6 is 12.4 Å². The average molecular weight is 337 g/mol. The summed E-state index contributed by atoms with van der Waals surface area (Å²) in [5.74, 6) is 0. The molecule has 0 amide bonds. The Kier molecular flexibility index (Phi) is 4.77. The van der Waals surface area contributed by atoms with Crippen molar-refractivity contribution in [1.29, 1.82) is 0 Å². The minimum atomic E-state index is 0. The molecule has 122 valence electrons. The van der Waals surface area contributed by atoms with Gasteiger partial charge in [-0.25, -0.2) is 0 Å². The van der Waals surface area contributed by atoms with Crippen LogP contribution in [0.1, 0.15) is 12.5 Å². The van der Waals surface area contributed by atoms with Crippen molar-refractivity contribution in [2.75, 3.05) is 5.32 Å². The van der Waals surface area contributed by atoms with E-state index < -0.39 is 0 Å². The molecule has 1 N–H and O–H groups in total. The van der Waals surface area contributed by atoms with Crippen molar-refractivity contribution in [2.45, 2.75) is 20.0 Å². The van der Waals surface area contributed by atoms with E-state index in [1.165, 1.54) is 27.4 Å². The van der Waals surface area contributed by atoms with E-state index in [2.05, 4.69) is 83.5 Å². The minimum absolute atomic E-state index is 0. The molecule has 0 aliphatic carbocycles. The van der Waals surface area contributed by atoms with Gasteiger partial charge >= 0.3 is 0 Å². The highest BCUT2D eigenvalue weighted by atomic mass is 35.5. The molecule has 0 aliphatic heterocycles. The van der Waals surface area contributed by atoms with E-state index in [0.29, 0.717) is 0 Å². The van der Waals surface area contributed by atoms with Crippen molar-refractivity contribution in [1.82, 2.24) is 4.57 Å². The fraction of sp³-hybridized carbons (Fsp3) is 0.143. The number of anilines is 1. The fourth-order valence-corrected chi connectivity index (χ4v) is 3.31. The molecular weight excluding hydrogens is 316 g/mol. The first-order valence-corrected chi connectivity index (χ1v) is 8.15. The zero-order chi connectivity index (χ0) is 15.6. The van der Waals surface area contributed by atoms with Gasteiger partial charge in [0.1, 0.15) is 0 Å². The number of nitrogens with one attached hydrogen (secondary N) is 1. The number of benzene rings is 3. The van der Waals surface area contributed by atoms with Gasteiger partial charge in [0.25, 0.3) is 0 Å². The number of fused-ring (bicyclic) bond motifs is 3. The van der Waals surface area contributed by atoms with Gasteiger partial charge in [0.15, 0.2) is 0 Å². The first-order valence-electron chi connectivity index (χ1n) is 8.15. The van der Waals surface area contributed by atoms with Gasteiger partial charge in [-0.05, 0) is 42.8 Å². The van der Waals surface area contributed by atoms with E-state index in [0.717, 1.165) is 18.8 Å². The maximum Gasteiger partial charge on any atom is 0.0491 e. The second-order valence-electron chi connectivity index (χ2n) is 5.83. The Labute approximate surface area is 148 Å². The Morgan fingerprint density at radius 1 is 0.792 bits per heavy atom. The summed E-state index contributed by atoms with van der Waals surface area (Å²) >= 11 is 0. The molecule has 1 heterocycles. The third-order valence-corrected chi connectivity index (χ3v) is 4.42. The summed E-state index contributed by atoms with van der Waals surface area (Å²) in [5.41, 5.74) is 5.10. The molecule has 4 rings (SSSR count). The second kappa shape index (κ2) is 6.98. The number of para-hydroxylation sites is 2. The van der Waals surface area contributed by atoms with Gasteiger partial charge in [-0.3, -0.25) is 0 Å². The van der Waals surface area contributed by atoms with Crippen molar-refractivity contribution < 1.29 is 0 Å². The Bertz CT molecular complexity index is 958. The number of aryl methyl sites for hydroxylation is 1. The molecule has 0 radical (unpaired) electrons. The smallest absolute Gasteiger partial charge is 0.0491 e. The van der Waals surface area contributed by atoms with Crippen molar-refractivity contribution in [3.8, 4) is 0 Å². The standard InChI is InChI=1S/C21H20N2.ClH/c1-2-23-20-11-7-6-10-18(20)19-14-16(12-13-21(19)23)15-22-17-8-4-3-5-9-17;/h3-14,22H,2,15H2,1H3;1H. The largest absolute Gasteiger partial charge is 0.381 e. The van der Waals surface area contributed by atoms with Gasteiger partial charge in [0, 0.05) is 40.6 Å². The van der Waals surface area contributed by atoms with Crippen molar-refractivity contribution in [2.24, 2.45) is 0 Å². The molecule has 0 bridgehead atoms. The lowest BCUT2D eigenvalue weighted by atomic mass is 10.1. The Balaban J connectivity index is 0.00000169. The van der Waals surface area contributed by atoms with E-state index in [1.807, 2.05) is 6.07 Å². The van der Waals surface area contributed by atoms with E-state index >= 15 is 0 Å².